The number of hydrogen-bond donors (Lipinski definition) is 0. The van der Waals surface area contributed by atoms with E-state index in [1.807, 2.05) is 24.3 Å². The van der Waals surface area contributed by atoms with Crippen LogP contribution in [0.3, 0.4) is 0 Å². The summed E-state index contributed by atoms with van der Waals surface area (Å²) in [5.74, 6) is 0.900. The lowest BCUT2D eigenvalue weighted by atomic mass is 9.98. The summed E-state index contributed by atoms with van der Waals surface area (Å²) in [7, 11) is 1.63. The quantitative estimate of drug-likeness (QED) is 0.669. The second kappa shape index (κ2) is 3.70. The standard InChI is InChI=1S/C11H12O3/c1-13-10-4-2-3-8(5-10)9-6-11(12)14-7-9/h2-5,9H,6-7H2,1H3. The minimum atomic E-state index is -0.113. The van der Waals surface area contributed by atoms with Crippen molar-refractivity contribution in [2.75, 3.05) is 13.7 Å². The maximum absolute atomic E-state index is 10.9. The third-order valence-corrected chi connectivity index (χ3v) is 2.42. The molecule has 3 nitrogen and oxygen atoms in total. The molecule has 74 valence electrons. The van der Waals surface area contributed by atoms with Crippen LogP contribution in [0, 0.1) is 0 Å². The highest BCUT2D eigenvalue weighted by atomic mass is 16.5. The molecule has 0 spiro atoms. The second-order valence-corrected chi connectivity index (χ2v) is 3.36. The molecule has 1 aliphatic rings. The summed E-state index contributed by atoms with van der Waals surface area (Å²) in [6, 6.07) is 7.76. The Morgan fingerprint density at radius 1 is 1.50 bits per heavy atom. The van der Waals surface area contributed by atoms with E-state index in [-0.39, 0.29) is 11.9 Å². The second-order valence-electron chi connectivity index (χ2n) is 3.36. The molecule has 0 aromatic heterocycles. The minimum absolute atomic E-state index is 0.113. The van der Waals surface area contributed by atoms with Gasteiger partial charge in [0, 0.05) is 5.92 Å². The molecule has 1 heterocycles. The third-order valence-electron chi connectivity index (χ3n) is 2.42. The van der Waals surface area contributed by atoms with Crippen molar-refractivity contribution in [2.45, 2.75) is 12.3 Å². The van der Waals surface area contributed by atoms with Gasteiger partial charge in [0.25, 0.3) is 0 Å². The number of benzene rings is 1. The molecule has 3 heteroatoms. The maximum atomic E-state index is 10.9. The number of cyclic esters (lactones) is 1. The smallest absolute Gasteiger partial charge is 0.306 e. The van der Waals surface area contributed by atoms with Crippen LogP contribution in [-0.4, -0.2) is 19.7 Å². The van der Waals surface area contributed by atoms with Crippen LogP contribution in [0.2, 0.25) is 0 Å². The van der Waals surface area contributed by atoms with Gasteiger partial charge in [-0.2, -0.15) is 0 Å². The van der Waals surface area contributed by atoms with Crippen molar-refractivity contribution in [3.8, 4) is 5.75 Å². The van der Waals surface area contributed by atoms with Gasteiger partial charge in [0.05, 0.1) is 20.1 Å². The first-order valence-electron chi connectivity index (χ1n) is 4.59. The molecule has 0 bridgehead atoms. The molecule has 14 heavy (non-hydrogen) atoms. The van der Waals surface area contributed by atoms with Gasteiger partial charge in [-0.05, 0) is 17.7 Å². The number of esters is 1. The molecule has 1 saturated heterocycles. The lowest BCUT2D eigenvalue weighted by Crippen LogP contribution is -1.97. The number of rotatable bonds is 2. The van der Waals surface area contributed by atoms with Gasteiger partial charge in [-0.3, -0.25) is 4.79 Å². The molecule has 0 aliphatic carbocycles. The molecule has 0 N–H and O–H groups in total. The lowest BCUT2D eigenvalue weighted by molar-refractivity contribution is -0.137. The van der Waals surface area contributed by atoms with Crippen LogP contribution in [0.1, 0.15) is 17.9 Å². The van der Waals surface area contributed by atoms with E-state index in [0.717, 1.165) is 11.3 Å². The van der Waals surface area contributed by atoms with Gasteiger partial charge in [-0.1, -0.05) is 12.1 Å². The van der Waals surface area contributed by atoms with Crippen molar-refractivity contribution >= 4 is 5.97 Å². The van der Waals surface area contributed by atoms with Crippen LogP contribution in [0.15, 0.2) is 24.3 Å². The average molecular weight is 192 g/mol. The largest absolute Gasteiger partial charge is 0.497 e. The van der Waals surface area contributed by atoms with Gasteiger partial charge in [-0.25, -0.2) is 0 Å². The van der Waals surface area contributed by atoms with E-state index >= 15 is 0 Å². The van der Waals surface area contributed by atoms with Crippen molar-refractivity contribution in [3.05, 3.63) is 29.8 Å². The summed E-state index contributed by atoms with van der Waals surface area (Å²) in [4.78, 5) is 10.9. The molecular formula is C11H12O3. The number of methoxy groups -OCH3 is 1. The highest BCUT2D eigenvalue weighted by Gasteiger charge is 2.25. The van der Waals surface area contributed by atoms with E-state index in [1.165, 1.54) is 0 Å². The normalized spacial score (nSPS) is 20.6. The highest BCUT2D eigenvalue weighted by Crippen LogP contribution is 2.28. The predicted molar refractivity (Wildman–Crippen MR) is 51.3 cm³/mol. The van der Waals surface area contributed by atoms with Gasteiger partial charge in [0.1, 0.15) is 5.75 Å². The zero-order valence-electron chi connectivity index (χ0n) is 8.03. The summed E-state index contributed by atoms with van der Waals surface area (Å²) in [5, 5.41) is 0. The van der Waals surface area contributed by atoms with Gasteiger partial charge < -0.3 is 9.47 Å². The summed E-state index contributed by atoms with van der Waals surface area (Å²) in [5.41, 5.74) is 1.11. The van der Waals surface area contributed by atoms with E-state index < -0.39 is 0 Å². The fraction of sp³-hybridized carbons (Fsp3) is 0.364. The van der Waals surface area contributed by atoms with Gasteiger partial charge in [0.15, 0.2) is 0 Å². The molecule has 1 aromatic carbocycles. The molecule has 1 aliphatic heterocycles. The van der Waals surface area contributed by atoms with E-state index in [4.69, 9.17) is 9.47 Å². The Balaban J connectivity index is 2.19. The van der Waals surface area contributed by atoms with Gasteiger partial charge in [0.2, 0.25) is 0 Å². The first-order valence-corrected chi connectivity index (χ1v) is 4.59. The SMILES string of the molecule is COc1cccc(C2COC(=O)C2)c1. The maximum Gasteiger partial charge on any atom is 0.306 e. The van der Waals surface area contributed by atoms with Crippen molar-refractivity contribution in [1.82, 2.24) is 0 Å². The van der Waals surface area contributed by atoms with Crippen LogP contribution < -0.4 is 4.74 Å². The average Bonchev–Trinajstić information content (AvgIpc) is 2.65. The Morgan fingerprint density at radius 3 is 3.00 bits per heavy atom. The molecule has 0 amide bonds. The van der Waals surface area contributed by atoms with Crippen molar-refractivity contribution in [2.24, 2.45) is 0 Å². The van der Waals surface area contributed by atoms with E-state index in [0.29, 0.717) is 13.0 Å². The Morgan fingerprint density at radius 2 is 2.36 bits per heavy atom. The first-order chi connectivity index (χ1) is 6.79. The Bertz CT molecular complexity index is 346. The number of hydrogen-bond acceptors (Lipinski definition) is 3. The fourth-order valence-electron chi connectivity index (χ4n) is 1.62. The number of ether oxygens (including phenoxy) is 2. The third kappa shape index (κ3) is 1.71. The first kappa shape index (κ1) is 9.06. The topological polar surface area (TPSA) is 35.5 Å². The number of carbonyl (C=O) groups excluding carboxylic acids is 1. The van der Waals surface area contributed by atoms with E-state index in [1.54, 1.807) is 7.11 Å². The summed E-state index contributed by atoms with van der Waals surface area (Å²) >= 11 is 0. The zero-order valence-corrected chi connectivity index (χ0v) is 8.03. The van der Waals surface area contributed by atoms with Crippen LogP contribution in [-0.2, 0) is 9.53 Å². The summed E-state index contributed by atoms with van der Waals surface area (Å²) < 4.78 is 10.0. The molecule has 1 atom stereocenters. The predicted octanol–water partition coefficient (Wildman–Crippen LogP) is 1.73. The van der Waals surface area contributed by atoms with Crippen molar-refractivity contribution in [1.29, 1.82) is 0 Å². The van der Waals surface area contributed by atoms with Crippen LogP contribution in [0.25, 0.3) is 0 Å². The molecule has 2 rings (SSSR count). The Labute approximate surface area is 82.6 Å². The Hall–Kier alpha value is -1.51. The Kier molecular flexibility index (Phi) is 2.39. The van der Waals surface area contributed by atoms with Crippen LogP contribution >= 0.6 is 0 Å². The molecule has 1 aromatic rings. The van der Waals surface area contributed by atoms with Crippen molar-refractivity contribution in [3.63, 3.8) is 0 Å². The van der Waals surface area contributed by atoms with E-state index in [2.05, 4.69) is 0 Å². The van der Waals surface area contributed by atoms with Gasteiger partial charge in [-0.15, -0.1) is 0 Å². The molecule has 1 fully saturated rings. The summed E-state index contributed by atoms with van der Waals surface area (Å²) in [6.45, 7) is 0.492. The monoisotopic (exact) mass is 192 g/mol. The van der Waals surface area contributed by atoms with Crippen LogP contribution in [0.4, 0.5) is 0 Å². The summed E-state index contributed by atoms with van der Waals surface area (Å²) in [6.07, 6.45) is 0.479. The molecular weight excluding hydrogens is 180 g/mol. The minimum Gasteiger partial charge on any atom is -0.497 e. The number of carbonyl (C=O) groups is 1. The fourth-order valence-corrected chi connectivity index (χ4v) is 1.62. The molecule has 0 radical (unpaired) electrons. The van der Waals surface area contributed by atoms with Crippen molar-refractivity contribution < 1.29 is 14.3 Å². The van der Waals surface area contributed by atoms with Crippen LogP contribution in [0.5, 0.6) is 5.75 Å². The molecule has 1 unspecified atom stereocenters. The lowest BCUT2D eigenvalue weighted by Gasteiger charge is -2.07. The highest BCUT2D eigenvalue weighted by molar-refractivity contribution is 5.72. The van der Waals surface area contributed by atoms with Gasteiger partial charge >= 0.3 is 5.97 Å². The van der Waals surface area contributed by atoms with E-state index in [9.17, 15) is 4.79 Å². The molecule has 0 saturated carbocycles. The zero-order chi connectivity index (χ0) is 9.97.